The van der Waals surface area contributed by atoms with Crippen molar-refractivity contribution in [2.75, 3.05) is 13.2 Å². The van der Waals surface area contributed by atoms with E-state index in [0.717, 1.165) is 11.6 Å². The van der Waals surface area contributed by atoms with Crippen LogP contribution >= 0.6 is 0 Å². The quantitative estimate of drug-likeness (QED) is 0.300. The zero-order valence-electron chi connectivity index (χ0n) is 11.2. The highest BCUT2D eigenvalue weighted by molar-refractivity contribution is 5.81. The van der Waals surface area contributed by atoms with Gasteiger partial charge in [-0.25, -0.2) is 4.79 Å². The fourth-order valence-corrected chi connectivity index (χ4v) is 1.01. The van der Waals surface area contributed by atoms with Gasteiger partial charge in [0.1, 0.15) is 25.1 Å². The largest absolute Gasteiger partial charge is 0.491 e. The molecule has 0 saturated carbocycles. The molecule has 104 valence electrons. The Morgan fingerprint density at radius 3 is 2.42 bits per heavy atom. The van der Waals surface area contributed by atoms with Crippen LogP contribution in [0.1, 0.15) is 6.92 Å². The molecule has 4 heteroatoms. The standard InChI is InChI=1S/C15H20O4/c1-5-7-8-9-14(12(3)4)18-10-13(16)11-19-15(17)6-2/h5-9,13,16H,1-3,10-11H2,4H3/b8-7-,14-9+. The van der Waals surface area contributed by atoms with Gasteiger partial charge in [-0.2, -0.15) is 0 Å². The van der Waals surface area contributed by atoms with Crippen LogP contribution < -0.4 is 0 Å². The summed E-state index contributed by atoms with van der Waals surface area (Å²) in [6, 6.07) is 0. The zero-order chi connectivity index (χ0) is 14.7. The van der Waals surface area contributed by atoms with Gasteiger partial charge in [-0.15, -0.1) is 0 Å². The van der Waals surface area contributed by atoms with Gasteiger partial charge in [0.25, 0.3) is 0 Å². The van der Waals surface area contributed by atoms with Crippen LogP contribution in [0, 0.1) is 0 Å². The molecule has 0 aromatic rings. The first-order valence-electron chi connectivity index (χ1n) is 5.76. The molecule has 0 rings (SSSR count). The van der Waals surface area contributed by atoms with Gasteiger partial charge >= 0.3 is 5.97 Å². The maximum Gasteiger partial charge on any atom is 0.330 e. The van der Waals surface area contributed by atoms with E-state index in [2.05, 4.69) is 24.5 Å². The Morgan fingerprint density at radius 2 is 1.89 bits per heavy atom. The lowest BCUT2D eigenvalue weighted by atomic mass is 10.2. The fourth-order valence-electron chi connectivity index (χ4n) is 1.01. The minimum absolute atomic E-state index is 0.00501. The first-order valence-corrected chi connectivity index (χ1v) is 5.76. The molecular weight excluding hydrogens is 244 g/mol. The first kappa shape index (κ1) is 16.9. The highest BCUT2D eigenvalue weighted by Crippen LogP contribution is 2.09. The summed E-state index contributed by atoms with van der Waals surface area (Å²) in [7, 11) is 0. The molecule has 0 saturated heterocycles. The summed E-state index contributed by atoms with van der Waals surface area (Å²) in [6.07, 6.45) is 6.97. The van der Waals surface area contributed by atoms with Crippen LogP contribution in [0.15, 0.2) is 61.4 Å². The normalized spacial score (nSPS) is 12.8. The number of carbonyl (C=O) groups excluding carboxylic acids is 1. The molecule has 0 aliphatic carbocycles. The Kier molecular flexibility index (Phi) is 8.83. The Bertz CT molecular complexity index is 391. The van der Waals surface area contributed by atoms with Crippen molar-refractivity contribution in [1.29, 1.82) is 0 Å². The second kappa shape index (κ2) is 9.91. The van der Waals surface area contributed by atoms with Gasteiger partial charge in [-0.05, 0) is 18.6 Å². The van der Waals surface area contributed by atoms with E-state index in [1.165, 1.54) is 0 Å². The highest BCUT2D eigenvalue weighted by Gasteiger charge is 2.09. The third-order valence-electron chi connectivity index (χ3n) is 1.93. The van der Waals surface area contributed by atoms with E-state index in [0.29, 0.717) is 5.76 Å². The molecule has 0 fully saturated rings. The Hall–Kier alpha value is -2.07. The van der Waals surface area contributed by atoms with Gasteiger partial charge in [0.05, 0.1) is 0 Å². The van der Waals surface area contributed by atoms with Gasteiger partial charge in [0.15, 0.2) is 0 Å². The molecule has 1 atom stereocenters. The minimum Gasteiger partial charge on any atom is -0.491 e. The number of aliphatic hydroxyl groups excluding tert-OH is 1. The van der Waals surface area contributed by atoms with Gasteiger partial charge in [-0.1, -0.05) is 38.0 Å². The molecule has 0 spiro atoms. The Morgan fingerprint density at radius 1 is 1.26 bits per heavy atom. The van der Waals surface area contributed by atoms with E-state index in [9.17, 15) is 9.90 Å². The summed E-state index contributed by atoms with van der Waals surface area (Å²) in [5, 5.41) is 9.57. The van der Waals surface area contributed by atoms with Crippen molar-refractivity contribution in [2.24, 2.45) is 0 Å². The molecule has 0 aliphatic heterocycles. The number of carbonyl (C=O) groups is 1. The summed E-state index contributed by atoms with van der Waals surface area (Å²) in [5.41, 5.74) is 0.726. The van der Waals surface area contributed by atoms with Crippen LogP contribution in [0.25, 0.3) is 0 Å². The van der Waals surface area contributed by atoms with Crippen molar-refractivity contribution in [2.45, 2.75) is 13.0 Å². The monoisotopic (exact) mass is 264 g/mol. The van der Waals surface area contributed by atoms with Crippen LogP contribution in [-0.4, -0.2) is 30.4 Å². The van der Waals surface area contributed by atoms with Gasteiger partial charge < -0.3 is 14.6 Å². The Balaban J connectivity index is 4.24. The molecule has 4 nitrogen and oxygen atoms in total. The van der Waals surface area contributed by atoms with E-state index < -0.39 is 12.1 Å². The summed E-state index contributed by atoms with van der Waals surface area (Å²) < 4.78 is 10.1. The van der Waals surface area contributed by atoms with E-state index in [1.807, 2.05) is 0 Å². The van der Waals surface area contributed by atoms with Crippen LogP contribution in [0.2, 0.25) is 0 Å². The van der Waals surface area contributed by atoms with Crippen LogP contribution in [-0.2, 0) is 14.3 Å². The molecule has 0 aromatic heterocycles. The van der Waals surface area contributed by atoms with Crippen LogP contribution in [0.4, 0.5) is 0 Å². The lowest BCUT2D eigenvalue weighted by Gasteiger charge is -2.14. The van der Waals surface area contributed by atoms with Crippen molar-refractivity contribution in [1.82, 2.24) is 0 Å². The lowest BCUT2D eigenvalue weighted by molar-refractivity contribution is -0.141. The van der Waals surface area contributed by atoms with E-state index >= 15 is 0 Å². The van der Waals surface area contributed by atoms with Crippen LogP contribution in [0.3, 0.4) is 0 Å². The number of allylic oxidation sites excluding steroid dienone is 5. The third kappa shape index (κ3) is 8.63. The zero-order valence-corrected chi connectivity index (χ0v) is 11.2. The summed E-state index contributed by atoms with van der Waals surface area (Å²) >= 11 is 0. The topological polar surface area (TPSA) is 55.8 Å². The smallest absolute Gasteiger partial charge is 0.330 e. The van der Waals surface area contributed by atoms with Crippen molar-refractivity contribution in [3.63, 3.8) is 0 Å². The molecule has 0 aliphatic rings. The molecule has 0 radical (unpaired) electrons. The number of hydrogen-bond acceptors (Lipinski definition) is 4. The average Bonchev–Trinajstić information content (AvgIpc) is 2.39. The van der Waals surface area contributed by atoms with Gasteiger partial charge in [0.2, 0.25) is 0 Å². The SMILES string of the molecule is C=C/C=C\C=C(\OCC(O)COC(=O)C=C)C(=C)C. The Labute approximate surface area is 114 Å². The van der Waals surface area contributed by atoms with Crippen molar-refractivity contribution < 1.29 is 19.4 Å². The summed E-state index contributed by atoms with van der Waals surface area (Å²) in [4.78, 5) is 10.8. The highest BCUT2D eigenvalue weighted by atomic mass is 16.5. The molecule has 0 bridgehead atoms. The molecule has 19 heavy (non-hydrogen) atoms. The average molecular weight is 264 g/mol. The maximum atomic E-state index is 10.8. The first-order chi connectivity index (χ1) is 9.01. The fraction of sp³-hybridized carbons (Fsp3) is 0.267. The molecular formula is C15H20O4. The predicted molar refractivity (Wildman–Crippen MR) is 75.3 cm³/mol. The van der Waals surface area contributed by atoms with Crippen molar-refractivity contribution in [3.05, 3.63) is 61.4 Å². The van der Waals surface area contributed by atoms with E-state index in [-0.39, 0.29) is 13.2 Å². The number of ether oxygens (including phenoxy) is 2. The third-order valence-corrected chi connectivity index (χ3v) is 1.93. The number of rotatable bonds is 9. The number of esters is 1. The van der Waals surface area contributed by atoms with Crippen LogP contribution in [0.5, 0.6) is 0 Å². The second-order valence-corrected chi connectivity index (χ2v) is 3.73. The minimum atomic E-state index is -0.907. The molecule has 1 N–H and O–H groups in total. The van der Waals surface area contributed by atoms with E-state index in [1.54, 1.807) is 31.2 Å². The molecule has 0 heterocycles. The van der Waals surface area contributed by atoms with E-state index in [4.69, 9.17) is 4.74 Å². The number of hydrogen-bond donors (Lipinski definition) is 1. The van der Waals surface area contributed by atoms with Gasteiger partial charge in [-0.3, -0.25) is 0 Å². The lowest BCUT2D eigenvalue weighted by Crippen LogP contribution is -2.23. The second-order valence-electron chi connectivity index (χ2n) is 3.73. The summed E-state index contributed by atoms with van der Waals surface area (Å²) in [6.45, 7) is 12.2. The molecule has 0 amide bonds. The summed E-state index contributed by atoms with van der Waals surface area (Å²) in [5.74, 6) is -0.0316. The van der Waals surface area contributed by atoms with Crippen molar-refractivity contribution in [3.8, 4) is 0 Å². The maximum absolute atomic E-state index is 10.8. The molecule has 0 aromatic carbocycles. The van der Waals surface area contributed by atoms with Crippen molar-refractivity contribution >= 4 is 5.97 Å². The predicted octanol–water partition coefficient (Wildman–Crippen LogP) is 2.30. The molecule has 1 unspecified atom stereocenters. The number of aliphatic hydroxyl groups is 1. The van der Waals surface area contributed by atoms with Gasteiger partial charge in [0, 0.05) is 6.08 Å².